The van der Waals surface area contributed by atoms with Gasteiger partial charge in [-0.2, -0.15) is 4.98 Å². The highest BCUT2D eigenvalue weighted by atomic mass is 16.6. The molecular weight excluding hydrogens is 262 g/mol. The van der Waals surface area contributed by atoms with E-state index in [0.29, 0.717) is 12.6 Å². The lowest BCUT2D eigenvalue weighted by Gasteiger charge is -2.26. The quantitative estimate of drug-likeness (QED) is 0.447. The second-order valence-corrected chi connectivity index (χ2v) is 4.96. The molecule has 3 N–H and O–H groups in total. The first-order valence-corrected chi connectivity index (χ1v) is 6.42. The van der Waals surface area contributed by atoms with Gasteiger partial charge >= 0.3 is 5.69 Å². The van der Waals surface area contributed by atoms with Gasteiger partial charge in [0.05, 0.1) is 4.92 Å². The van der Waals surface area contributed by atoms with E-state index in [1.54, 1.807) is 11.9 Å². The van der Waals surface area contributed by atoms with E-state index >= 15 is 0 Å². The van der Waals surface area contributed by atoms with Gasteiger partial charge < -0.3 is 9.80 Å². The molecule has 1 aliphatic heterocycles. The molecule has 0 radical (unpaired) electrons. The average Bonchev–Trinajstić information content (AvgIpc) is 2.83. The number of rotatable bonds is 5. The minimum absolute atomic E-state index is 0.118. The maximum absolute atomic E-state index is 11.1. The first-order valence-electron chi connectivity index (χ1n) is 6.42. The Morgan fingerprint density at radius 3 is 3.00 bits per heavy atom. The van der Waals surface area contributed by atoms with E-state index in [0.717, 1.165) is 19.4 Å². The van der Waals surface area contributed by atoms with Crippen molar-refractivity contribution in [3.05, 3.63) is 16.3 Å². The summed E-state index contributed by atoms with van der Waals surface area (Å²) < 4.78 is 0. The number of likely N-dealkylation sites (tertiary alicyclic amines) is 1. The second kappa shape index (κ2) is 5.97. The molecule has 1 fully saturated rings. The monoisotopic (exact) mass is 281 g/mol. The van der Waals surface area contributed by atoms with Gasteiger partial charge in [0.25, 0.3) is 0 Å². The summed E-state index contributed by atoms with van der Waals surface area (Å²) in [4.78, 5) is 22.5. The van der Waals surface area contributed by atoms with Gasteiger partial charge in [0, 0.05) is 19.6 Å². The van der Waals surface area contributed by atoms with Crippen LogP contribution < -0.4 is 16.2 Å². The predicted octanol–water partition coefficient (Wildman–Crippen LogP) is 0.201. The van der Waals surface area contributed by atoms with E-state index in [2.05, 4.69) is 27.3 Å². The molecule has 1 atom stereocenters. The van der Waals surface area contributed by atoms with Crippen LogP contribution in [0.5, 0.6) is 0 Å². The average molecular weight is 281 g/mol. The Kier molecular flexibility index (Phi) is 4.30. The fraction of sp³-hybridized carbons (Fsp3) is 0.636. The van der Waals surface area contributed by atoms with Crippen LogP contribution >= 0.6 is 0 Å². The zero-order valence-electron chi connectivity index (χ0n) is 11.6. The number of nitrogen functional groups attached to an aromatic ring is 1. The Balaban J connectivity index is 2.22. The van der Waals surface area contributed by atoms with Gasteiger partial charge in [-0.15, -0.1) is 0 Å². The number of nitrogens with two attached hydrogens (primary N) is 1. The van der Waals surface area contributed by atoms with Gasteiger partial charge in [0.1, 0.15) is 6.20 Å². The number of nitro groups is 1. The molecule has 9 nitrogen and oxygen atoms in total. The van der Waals surface area contributed by atoms with E-state index in [4.69, 9.17) is 5.84 Å². The number of nitrogens with zero attached hydrogens (tertiary/aromatic N) is 5. The molecule has 1 unspecified atom stereocenters. The second-order valence-electron chi connectivity index (χ2n) is 4.96. The van der Waals surface area contributed by atoms with Crippen molar-refractivity contribution in [1.82, 2.24) is 14.9 Å². The third-order valence-corrected chi connectivity index (χ3v) is 3.59. The van der Waals surface area contributed by atoms with Crippen molar-refractivity contribution >= 4 is 17.5 Å². The number of hydrogen-bond donors (Lipinski definition) is 2. The van der Waals surface area contributed by atoms with Gasteiger partial charge in [-0.05, 0) is 26.4 Å². The van der Waals surface area contributed by atoms with Crippen molar-refractivity contribution in [3.63, 3.8) is 0 Å². The van der Waals surface area contributed by atoms with Crippen LogP contribution in [0.25, 0.3) is 0 Å². The molecule has 9 heteroatoms. The fourth-order valence-electron chi connectivity index (χ4n) is 2.46. The van der Waals surface area contributed by atoms with E-state index < -0.39 is 4.92 Å². The van der Waals surface area contributed by atoms with Gasteiger partial charge in [0.2, 0.25) is 11.8 Å². The largest absolute Gasteiger partial charge is 0.352 e. The predicted molar refractivity (Wildman–Crippen MR) is 75.4 cm³/mol. The molecule has 0 aromatic carbocycles. The zero-order valence-corrected chi connectivity index (χ0v) is 11.6. The first-order chi connectivity index (χ1) is 9.52. The number of anilines is 2. The highest BCUT2D eigenvalue weighted by Crippen LogP contribution is 2.26. The highest BCUT2D eigenvalue weighted by molar-refractivity contribution is 5.58. The van der Waals surface area contributed by atoms with Crippen LogP contribution in [0.2, 0.25) is 0 Å². The molecule has 0 saturated carbocycles. The van der Waals surface area contributed by atoms with Crippen LogP contribution in [0.15, 0.2) is 6.20 Å². The van der Waals surface area contributed by atoms with Crippen molar-refractivity contribution in [3.8, 4) is 0 Å². The minimum atomic E-state index is -0.482. The molecule has 1 aromatic heterocycles. The van der Waals surface area contributed by atoms with Crippen LogP contribution in [0, 0.1) is 10.1 Å². The van der Waals surface area contributed by atoms with Crippen LogP contribution in [0.4, 0.5) is 17.5 Å². The molecule has 1 saturated heterocycles. The molecule has 20 heavy (non-hydrogen) atoms. The summed E-state index contributed by atoms with van der Waals surface area (Å²) in [6.07, 6.45) is 3.41. The lowest BCUT2D eigenvalue weighted by atomic mass is 10.2. The maximum atomic E-state index is 11.1. The van der Waals surface area contributed by atoms with Crippen LogP contribution in [0.3, 0.4) is 0 Å². The third kappa shape index (κ3) is 2.94. The summed E-state index contributed by atoms with van der Waals surface area (Å²) in [5.41, 5.74) is 2.19. The summed E-state index contributed by atoms with van der Waals surface area (Å²) >= 11 is 0. The molecule has 0 bridgehead atoms. The van der Waals surface area contributed by atoms with Gasteiger partial charge in [-0.25, -0.2) is 10.8 Å². The standard InChI is InChI=1S/C11H19N7O2/c1-16-5-3-4-8(16)7-17(2)10-9(18(19)20)6-13-11(14-10)15-12/h6,8H,3-5,7,12H2,1-2H3,(H,13,14,15). The Bertz CT molecular complexity index is 496. The Morgan fingerprint density at radius 1 is 1.70 bits per heavy atom. The summed E-state index contributed by atoms with van der Waals surface area (Å²) in [5.74, 6) is 5.70. The molecule has 0 spiro atoms. The smallest absolute Gasteiger partial charge is 0.329 e. The van der Waals surface area contributed by atoms with Gasteiger partial charge in [0.15, 0.2) is 0 Å². The Labute approximate surface area is 116 Å². The normalized spacial score (nSPS) is 19.1. The molecule has 1 aromatic rings. The molecule has 2 heterocycles. The van der Waals surface area contributed by atoms with E-state index in [-0.39, 0.29) is 17.5 Å². The van der Waals surface area contributed by atoms with E-state index in [1.807, 2.05) is 0 Å². The summed E-state index contributed by atoms with van der Waals surface area (Å²) in [6, 6.07) is 0.379. The van der Waals surface area contributed by atoms with Crippen LogP contribution in [0.1, 0.15) is 12.8 Å². The minimum Gasteiger partial charge on any atom is -0.352 e. The SMILES string of the molecule is CN(CC1CCCN1C)c1nc(NN)ncc1[N+](=O)[O-]. The molecular formula is C11H19N7O2. The van der Waals surface area contributed by atoms with Gasteiger partial charge in [-0.1, -0.05) is 0 Å². The van der Waals surface area contributed by atoms with Crippen molar-refractivity contribution in [1.29, 1.82) is 0 Å². The molecule has 1 aliphatic rings. The lowest BCUT2D eigenvalue weighted by Crippen LogP contribution is -2.37. The topological polar surface area (TPSA) is 113 Å². The Hall–Kier alpha value is -2.00. The first kappa shape index (κ1) is 14.4. The molecule has 2 rings (SSSR count). The number of aromatic nitrogens is 2. The number of hydrazine groups is 1. The fourth-order valence-corrected chi connectivity index (χ4v) is 2.46. The van der Waals surface area contributed by atoms with Crippen molar-refractivity contribution in [2.24, 2.45) is 5.84 Å². The highest BCUT2D eigenvalue weighted by Gasteiger charge is 2.26. The van der Waals surface area contributed by atoms with Gasteiger partial charge in [-0.3, -0.25) is 15.5 Å². The molecule has 0 amide bonds. The van der Waals surface area contributed by atoms with E-state index in [1.165, 1.54) is 6.20 Å². The molecule has 110 valence electrons. The number of nitrogens with one attached hydrogen (secondary N) is 1. The van der Waals surface area contributed by atoms with Crippen LogP contribution in [-0.2, 0) is 0 Å². The van der Waals surface area contributed by atoms with E-state index in [9.17, 15) is 10.1 Å². The number of hydrogen-bond acceptors (Lipinski definition) is 8. The number of likely N-dealkylation sites (N-methyl/N-ethyl adjacent to an activating group) is 2. The van der Waals surface area contributed by atoms with Crippen LogP contribution in [-0.4, -0.2) is 53.0 Å². The lowest BCUT2D eigenvalue weighted by molar-refractivity contribution is -0.384. The summed E-state index contributed by atoms with van der Waals surface area (Å²) in [7, 11) is 3.86. The maximum Gasteiger partial charge on any atom is 0.329 e. The van der Waals surface area contributed by atoms with Crippen molar-refractivity contribution in [2.75, 3.05) is 37.5 Å². The Morgan fingerprint density at radius 2 is 2.45 bits per heavy atom. The third-order valence-electron chi connectivity index (χ3n) is 3.59. The zero-order chi connectivity index (χ0) is 14.7. The summed E-state index contributed by atoms with van der Waals surface area (Å²) in [6.45, 7) is 1.73. The summed E-state index contributed by atoms with van der Waals surface area (Å²) in [5, 5.41) is 11.1. The molecule has 0 aliphatic carbocycles. The van der Waals surface area contributed by atoms with Crippen molar-refractivity contribution in [2.45, 2.75) is 18.9 Å². The van der Waals surface area contributed by atoms with Crippen molar-refractivity contribution < 1.29 is 4.92 Å².